The Kier molecular flexibility index (Phi) is 7.31. The van der Waals surface area contributed by atoms with Crippen molar-refractivity contribution in [1.29, 1.82) is 5.26 Å². The van der Waals surface area contributed by atoms with Crippen LogP contribution in [-0.2, 0) is 4.74 Å². The fourth-order valence-corrected chi connectivity index (χ4v) is 4.74. The first kappa shape index (κ1) is 24.0. The van der Waals surface area contributed by atoms with Gasteiger partial charge in [-0.1, -0.05) is 6.07 Å². The molecule has 186 valence electrons. The van der Waals surface area contributed by atoms with Crippen molar-refractivity contribution in [3.05, 3.63) is 60.3 Å². The molecule has 0 saturated carbocycles. The molecular formula is C28H32N6O2. The molecular weight excluding hydrogens is 452 g/mol. The number of nitrogens with one attached hydrogen (secondary N) is 1. The molecule has 1 unspecified atom stereocenters. The summed E-state index contributed by atoms with van der Waals surface area (Å²) < 4.78 is 11.5. The third kappa shape index (κ3) is 5.59. The smallest absolute Gasteiger partial charge is 0.227 e. The van der Waals surface area contributed by atoms with E-state index in [1.54, 1.807) is 6.20 Å². The van der Waals surface area contributed by atoms with Crippen LogP contribution < -0.4 is 15.0 Å². The van der Waals surface area contributed by atoms with E-state index in [9.17, 15) is 5.26 Å². The molecule has 2 aromatic carbocycles. The van der Waals surface area contributed by atoms with Gasteiger partial charge in [-0.25, -0.2) is 9.97 Å². The van der Waals surface area contributed by atoms with E-state index in [1.165, 1.54) is 12.1 Å². The third-order valence-corrected chi connectivity index (χ3v) is 6.87. The summed E-state index contributed by atoms with van der Waals surface area (Å²) in [7, 11) is 4.28. The van der Waals surface area contributed by atoms with Crippen molar-refractivity contribution in [3.63, 3.8) is 0 Å². The van der Waals surface area contributed by atoms with Crippen LogP contribution in [0.15, 0.2) is 54.7 Å². The molecule has 2 fully saturated rings. The number of anilines is 3. The molecule has 3 aromatic rings. The number of aromatic nitrogens is 2. The van der Waals surface area contributed by atoms with Gasteiger partial charge in [0.15, 0.2) is 0 Å². The summed E-state index contributed by atoms with van der Waals surface area (Å²) in [4.78, 5) is 13.8. The van der Waals surface area contributed by atoms with Crippen LogP contribution in [-0.4, -0.2) is 67.4 Å². The molecule has 0 bridgehead atoms. The Balaban J connectivity index is 1.30. The van der Waals surface area contributed by atoms with Crippen LogP contribution in [0, 0.1) is 11.3 Å². The highest BCUT2D eigenvalue weighted by Crippen LogP contribution is 2.29. The second-order valence-corrected chi connectivity index (χ2v) is 9.55. The van der Waals surface area contributed by atoms with E-state index in [-0.39, 0.29) is 6.10 Å². The summed E-state index contributed by atoms with van der Waals surface area (Å²) in [6.07, 6.45) is 4.65. The highest BCUT2D eigenvalue weighted by Gasteiger charge is 2.24. The summed E-state index contributed by atoms with van der Waals surface area (Å²) in [5.41, 5.74) is 4.22. The number of hydrogen-bond acceptors (Lipinski definition) is 8. The van der Waals surface area contributed by atoms with Gasteiger partial charge in [0.2, 0.25) is 5.95 Å². The van der Waals surface area contributed by atoms with Gasteiger partial charge in [-0.2, -0.15) is 5.26 Å². The molecule has 0 radical (unpaired) electrons. The molecule has 0 aliphatic carbocycles. The second kappa shape index (κ2) is 10.9. The van der Waals surface area contributed by atoms with Crippen LogP contribution >= 0.6 is 0 Å². The molecule has 8 nitrogen and oxygen atoms in total. The van der Waals surface area contributed by atoms with Gasteiger partial charge in [0, 0.05) is 55.1 Å². The molecule has 2 aliphatic heterocycles. The summed E-state index contributed by atoms with van der Waals surface area (Å²) in [5.74, 6) is 1.12. The fraction of sp³-hybridized carbons (Fsp3) is 0.393. The Bertz CT molecular complexity index is 1230. The van der Waals surface area contributed by atoms with Gasteiger partial charge in [-0.05, 0) is 63.0 Å². The van der Waals surface area contributed by atoms with Gasteiger partial charge < -0.3 is 24.6 Å². The second-order valence-electron chi connectivity index (χ2n) is 9.55. The van der Waals surface area contributed by atoms with E-state index in [0.29, 0.717) is 36.5 Å². The van der Waals surface area contributed by atoms with Crippen molar-refractivity contribution in [3.8, 4) is 23.1 Å². The largest absolute Gasteiger partial charge is 0.489 e. The average molecular weight is 485 g/mol. The summed E-state index contributed by atoms with van der Waals surface area (Å²) in [6.45, 7) is 3.46. The molecule has 0 spiro atoms. The van der Waals surface area contributed by atoms with Crippen molar-refractivity contribution in [1.82, 2.24) is 14.9 Å². The van der Waals surface area contributed by atoms with E-state index in [2.05, 4.69) is 58.5 Å². The number of nitrogens with zero attached hydrogens (tertiary/aromatic N) is 5. The minimum absolute atomic E-state index is 0.0802. The van der Waals surface area contributed by atoms with Crippen LogP contribution in [0.25, 0.3) is 11.3 Å². The fourth-order valence-electron chi connectivity index (χ4n) is 4.74. The monoisotopic (exact) mass is 484 g/mol. The zero-order valence-electron chi connectivity index (χ0n) is 20.9. The maximum Gasteiger partial charge on any atom is 0.227 e. The van der Waals surface area contributed by atoms with E-state index in [0.717, 1.165) is 42.9 Å². The molecule has 1 atom stereocenters. The molecule has 0 amide bonds. The van der Waals surface area contributed by atoms with Crippen molar-refractivity contribution in [2.75, 3.05) is 50.6 Å². The molecule has 1 aromatic heterocycles. The third-order valence-electron chi connectivity index (χ3n) is 6.87. The van der Waals surface area contributed by atoms with Crippen molar-refractivity contribution in [2.24, 2.45) is 0 Å². The lowest BCUT2D eigenvalue weighted by molar-refractivity contribution is 0.0254. The van der Waals surface area contributed by atoms with Gasteiger partial charge in [0.25, 0.3) is 0 Å². The van der Waals surface area contributed by atoms with Crippen molar-refractivity contribution in [2.45, 2.75) is 31.4 Å². The number of nitriles is 1. The van der Waals surface area contributed by atoms with Gasteiger partial charge >= 0.3 is 0 Å². The standard InChI is InChI=1S/C28H32N6O2/c1-33(2)24-9-13-34(19-24)23-5-3-4-22(17-23)31-28-30-12-8-26(32-28)20-6-7-27(21(16-20)18-29)36-25-10-14-35-15-11-25/h3-8,12,16-17,24-25H,9-11,13-15,19H2,1-2H3,(H,30,31,32). The average Bonchev–Trinajstić information content (AvgIpc) is 3.41. The Labute approximate surface area is 212 Å². The molecule has 36 heavy (non-hydrogen) atoms. The first-order chi connectivity index (χ1) is 17.6. The number of likely N-dealkylation sites (N-methyl/N-ethyl adjacent to an activating group) is 1. The molecule has 5 rings (SSSR count). The van der Waals surface area contributed by atoms with Gasteiger partial charge in [-0.3, -0.25) is 0 Å². The summed E-state index contributed by atoms with van der Waals surface area (Å²) in [5, 5.41) is 13.1. The predicted octanol–water partition coefficient (Wildman–Crippen LogP) is 4.46. The number of ether oxygens (including phenoxy) is 2. The first-order valence-corrected chi connectivity index (χ1v) is 12.5. The molecule has 2 aliphatic rings. The normalized spacial score (nSPS) is 18.3. The van der Waals surface area contributed by atoms with Crippen LogP contribution in [0.2, 0.25) is 0 Å². The Morgan fingerprint density at radius 1 is 1.11 bits per heavy atom. The maximum absolute atomic E-state index is 9.72. The van der Waals surface area contributed by atoms with E-state index in [1.807, 2.05) is 30.3 Å². The Morgan fingerprint density at radius 2 is 1.97 bits per heavy atom. The Hall–Kier alpha value is -3.67. The zero-order chi connectivity index (χ0) is 24.9. The van der Waals surface area contributed by atoms with Crippen LogP contribution in [0.3, 0.4) is 0 Å². The van der Waals surface area contributed by atoms with Crippen molar-refractivity contribution < 1.29 is 9.47 Å². The highest BCUT2D eigenvalue weighted by molar-refractivity contribution is 5.67. The minimum Gasteiger partial charge on any atom is -0.489 e. The first-order valence-electron chi connectivity index (χ1n) is 12.5. The lowest BCUT2D eigenvalue weighted by Crippen LogP contribution is -2.31. The number of benzene rings is 2. The topological polar surface area (TPSA) is 86.5 Å². The van der Waals surface area contributed by atoms with Gasteiger partial charge in [0.05, 0.1) is 24.5 Å². The van der Waals surface area contributed by atoms with Crippen LogP contribution in [0.5, 0.6) is 5.75 Å². The zero-order valence-corrected chi connectivity index (χ0v) is 20.9. The van der Waals surface area contributed by atoms with Gasteiger partial charge in [0.1, 0.15) is 17.9 Å². The van der Waals surface area contributed by atoms with Crippen LogP contribution in [0.1, 0.15) is 24.8 Å². The van der Waals surface area contributed by atoms with E-state index >= 15 is 0 Å². The summed E-state index contributed by atoms with van der Waals surface area (Å²) >= 11 is 0. The molecule has 2 saturated heterocycles. The van der Waals surface area contributed by atoms with Gasteiger partial charge in [-0.15, -0.1) is 0 Å². The SMILES string of the molecule is CN(C)C1CCN(c2cccc(Nc3nccc(-c4ccc(OC5CCOCC5)c(C#N)c4)n3)c2)C1. The quantitative estimate of drug-likeness (QED) is 0.526. The lowest BCUT2D eigenvalue weighted by Gasteiger charge is -2.23. The molecule has 1 N–H and O–H groups in total. The van der Waals surface area contributed by atoms with E-state index in [4.69, 9.17) is 14.5 Å². The Morgan fingerprint density at radius 3 is 2.75 bits per heavy atom. The molecule has 8 heteroatoms. The summed E-state index contributed by atoms with van der Waals surface area (Å²) in [6, 6.07) is 18.7. The number of rotatable bonds is 7. The lowest BCUT2D eigenvalue weighted by atomic mass is 10.1. The maximum atomic E-state index is 9.72. The molecule has 3 heterocycles. The number of hydrogen-bond donors (Lipinski definition) is 1. The highest BCUT2D eigenvalue weighted by atomic mass is 16.5. The van der Waals surface area contributed by atoms with Crippen molar-refractivity contribution >= 4 is 17.3 Å². The van der Waals surface area contributed by atoms with Crippen LogP contribution in [0.4, 0.5) is 17.3 Å². The van der Waals surface area contributed by atoms with E-state index < -0.39 is 0 Å². The predicted molar refractivity (Wildman–Crippen MR) is 141 cm³/mol. The minimum atomic E-state index is 0.0802.